The lowest BCUT2D eigenvalue weighted by molar-refractivity contribution is 0.414. The van der Waals surface area contributed by atoms with Crippen molar-refractivity contribution >= 4 is 27.2 Å². The van der Waals surface area contributed by atoms with Gasteiger partial charge < -0.3 is 10.1 Å². The quantitative estimate of drug-likeness (QED) is 0.423. The molecule has 0 radical (unpaired) electrons. The van der Waals surface area contributed by atoms with Gasteiger partial charge in [0.05, 0.1) is 17.7 Å². The summed E-state index contributed by atoms with van der Waals surface area (Å²) < 4.78 is 34.6. The van der Waals surface area contributed by atoms with Gasteiger partial charge in [-0.1, -0.05) is 0 Å². The number of sulfonamides is 1. The Kier molecular flexibility index (Phi) is 6.01. The Hall–Kier alpha value is -3.92. The van der Waals surface area contributed by atoms with Crippen LogP contribution in [0.25, 0.3) is 5.82 Å². The third-order valence-corrected chi connectivity index (χ3v) is 6.70. The van der Waals surface area contributed by atoms with Gasteiger partial charge in [-0.2, -0.15) is 5.10 Å². The highest BCUT2D eigenvalue weighted by atomic mass is 32.2. The van der Waals surface area contributed by atoms with E-state index in [0.29, 0.717) is 23.1 Å². The number of rotatable bonds is 7. The minimum absolute atomic E-state index is 0.152. The standard InChI is InChI=1S/C23H24N6O3S/c1-15-16(2)27-29(17(15)3)23-14-13-22(25-26-23)24-18-5-7-19(8-6-18)28-33(30,31)21-11-9-20(32-4)10-12-21/h5-14,28H,1-4H3,(H,24,25). The molecule has 2 aromatic carbocycles. The zero-order valence-corrected chi connectivity index (χ0v) is 19.5. The van der Waals surface area contributed by atoms with Crippen molar-refractivity contribution in [2.45, 2.75) is 25.7 Å². The summed E-state index contributed by atoms with van der Waals surface area (Å²) >= 11 is 0. The highest BCUT2D eigenvalue weighted by Gasteiger charge is 2.14. The normalized spacial score (nSPS) is 11.3. The van der Waals surface area contributed by atoms with Gasteiger partial charge in [-0.15, -0.1) is 10.2 Å². The number of nitrogens with one attached hydrogen (secondary N) is 2. The number of hydrogen-bond acceptors (Lipinski definition) is 7. The average Bonchev–Trinajstić information content (AvgIpc) is 3.08. The molecule has 0 amide bonds. The lowest BCUT2D eigenvalue weighted by Crippen LogP contribution is -2.12. The number of benzene rings is 2. The van der Waals surface area contributed by atoms with E-state index in [-0.39, 0.29) is 4.90 Å². The molecule has 0 aliphatic heterocycles. The van der Waals surface area contributed by atoms with E-state index in [1.54, 1.807) is 41.1 Å². The summed E-state index contributed by atoms with van der Waals surface area (Å²) in [6, 6.07) is 16.7. The second kappa shape index (κ2) is 8.91. The topological polar surface area (TPSA) is 111 Å². The molecule has 0 spiro atoms. The van der Waals surface area contributed by atoms with Crippen LogP contribution in [0.2, 0.25) is 0 Å². The fourth-order valence-electron chi connectivity index (χ4n) is 3.19. The van der Waals surface area contributed by atoms with Gasteiger partial charge in [0.1, 0.15) is 5.75 Å². The minimum Gasteiger partial charge on any atom is -0.497 e. The summed E-state index contributed by atoms with van der Waals surface area (Å²) in [5, 5.41) is 16.1. The molecule has 170 valence electrons. The van der Waals surface area contributed by atoms with Crippen LogP contribution in [0.4, 0.5) is 17.2 Å². The van der Waals surface area contributed by atoms with Crippen molar-refractivity contribution in [1.29, 1.82) is 0 Å². The largest absolute Gasteiger partial charge is 0.497 e. The van der Waals surface area contributed by atoms with E-state index in [2.05, 4.69) is 25.3 Å². The molecule has 9 nitrogen and oxygen atoms in total. The van der Waals surface area contributed by atoms with Crippen LogP contribution >= 0.6 is 0 Å². The molecule has 0 unspecified atom stereocenters. The predicted molar refractivity (Wildman–Crippen MR) is 127 cm³/mol. The van der Waals surface area contributed by atoms with E-state index in [0.717, 1.165) is 22.6 Å². The second-order valence-electron chi connectivity index (χ2n) is 7.47. The van der Waals surface area contributed by atoms with E-state index < -0.39 is 10.0 Å². The smallest absolute Gasteiger partial charge is 0.261 e. The fraction of sp³-hybridized carbons (Fsp3) is 0.174. The molecule has 0 fully saturated rings. The van der Waals surface area contributed by atoms with Crippen LogP contribution in [0, 0.1) is 20.8 Å². The molecule has 10 heteroatoms. The Morgan fingerprint density at radius 1 is 0.848 bits per heavy atom. The van der Waals surface area contributed by atoms with Gasteiger partial charge in [0.15, 0.2) is 11.6 Å². The minimum atomic E-state index is -3.70. The molecule has 2 heterocycles. The number of anilines is 3. The summed E-state index contributed by atoms with van der Waals surface area (Å²) in [6.07, 6.45) is 0. The van der Waals surface area contributed by atoms with E-state index in [1.165, 1.54) is 19.2 Å². The molecule has 33 heavy (non-hydrogen) atoms. The van der Waals surface area contributed by atoms with Crippen LogP contribution < -0.4 is 14.8 Å². The molecule has 4 rings (SSSR count). The summed E-state index contributed by atoms with van der Waals surface area (Å²) in [5.74, 6) is 1.78. The maximum absolute atomic E-state index is 12.6. The summed E-state index contributed by atoms with van der Waals surface area (Å²) in [7, 11) is -2.18. The lowest BCUT2D eigenvalue weighted by atomic mass is 10.2. The van der Waals surface area contributed by atoms with Crippen LogP contribution in [-0.2, 0) is 10.0 Å². The third kappa shape index (κ3) is 4.80. The predicted octanol–water partition coefficient (Wildman–Crippen LogP) is 4.14. The maximum atomic E-state index is 12.6. The van der Waals surface area contributed by atoms with E-state index in [9.17, 15) is 8.42 Å². The molecule has 0 atom stereocenters. The molecule has 0 saturated heterocycles. The molecule has 0 saturated carbocycles. The zero-order chi connectivity index (χ0) is 23.6. The maximum Gasteiger partial charge on any atom is 0.261 e. The van der Waals surface area contributed by atoms with Crippen LogP contribution in [0.1, 0.15) is 17.0 Å². The first-order chi connectivity index (χ1) is 15.8. The number of aryl methyl sites for hydroxylation is 1. The first kappa shape index (κ1) is 22.3. The molecule has 4 aromatic rings. The van der Waals surface area contributed by atoms with Crippen molar-refractivity contribution in [1.82, 2.24) is 20.0 Å². The Bertz CT molecular complexity index is 1360. The van der Waals surface area contributed by atoms with Crippen molar-refractivity contribution < 1.29 is 13.2 Å². The summed E-state index contributed by atoms with van der Waals surface area (Å²) in [6.45, 7) is 5.98. The van der Waals surface area contributed by atoms with Gasteiger partial charge in [0.2, 0.25) is 0 Å². The van der Waals surface area contributed by atoms with Crippen molar-refractivity contribution in [2.75, 3.05) is 17.1 Å². The molecule has 2 N–H and O–H groups in total. The van der Waals surface area contributed by atoms with Gasteiger partial charge in [0, 0.05) is 17.1 Å². The van der Waals surface area contributed by atoms with E-state index in [1.807, 2.05) is 32.9 Å². The average molecular weight is 465 g/mol. The number of nitrogens with zero attached hydrogens (tertiary/aromatic N) is 4. The first-order valence-corrected chi connectivity index (χ1v) is 11.7. The second-order valence-corrected chi connectivity index (χ2v) is 9.15. The Balaban J connectivity index is 1.43. The molecule has 0 aliphatic rings. The van der Waals surface area contributed by atoms with Gasteiger partial charge in [-0.05, 0) is 87.0 Å². The fourth-order valence-corrected chi connectivity index (χ4v) is 4.25. The Morgan fingerprint density at radius 2 is 1.52 bits per heavy atom. The molecule has 0 aliphatic carbocycles. The van der Waals surface area contributed by atoms with E-state index in [4.69, 9.17) is 4.74 Å². The molecular weight excluding hydrogens is 440 g/mol. The summed E-state index contributed by atoms with van der Waals surface area (Å²) in [5.41, 5.74) is 4.29. The van der Waals surface area contributed by atoms with Crippen LogP contribution in [0.15, 0.2) is 65.6 Å². The highest BCUT2D eigenvalue weighted by molar-refractivity contribution is 7.92. The van der Waals surface area contributed by atoms with Crippen molar-refractivity contribution in [2.24, 2.45) is 0 Å². The third-order valence-electron chi connectivity index (χ3n) is 5.30. The van der Waals surface area contributed by atoms with Gasteiger partial charge in [-0.25, -0.2) is 13.1 Å². The van der Waals surface area contributed by atoms with Crippen LogP contribution in [0.3, 0.4) is 0 Å². The van der Waals surface area contributed by atoms with E-state index >= 15 is 0 Å². The number of aromatic nitrogens is 4. The number of ether oxygens (including phenoxy) is 1. The Labute approximate surface area is 192 Å². The van der Waals surface area contributed by atoms with Crippen molar-refractivity contribution in [3.63, 3.8) is 0 Å². The van der Waals surface area contributed by atoms with Gasteiger partial charge in [-0.3, -0.25) is 4.72 Å². The lowest BCUT2D eigenvalue weighted by Gasteiger charge is -2.10. The zero-order valence-electron chi connectivity index (χ0n) is 18.7. The molecular formula is C23H24N6O3S. The van der Waals surface area contributed by atoms with Crippen LogP contribution in [-0.4, -0.2) is 35.5 Å². The van der Waals surface area contributed by atoms with Crippen LogP contribution in [0.5, 0.6) is 5.75 Å². The van der Waals surface area contributed by atoms with Crippen molar-refractivity contribution in [3.8, 4) is 11.6 Å². The first-order valence-electron chi connectivity index (χ1n) is 10.2. The van der Waals surface area contributed by atoms with Crippen molar-refractivity contribution in [3.05, 3.63) is 77.6 Å². The Morgan fingerprint density at radius 3 is 2.06 bits per heavy atom. The summed E-state index contributed by atoms with van der Waals surface area (Å²) in [4.78, 5) is 0.152. The SMILES string of the molecule is COc1ccc(S(=O)(=O)Nc2ccc(Nc3ccc(-n4nc(C)c(C)c4C)nn3)cc2)cc1. The van der Waals surface area contributed by atoms with Gasteiger partial charge in [0.25, 0.3) is 10.0 Å². The number of methoxy groups -OCH3 is 1. The number of hydrogen-bond donors (Lipinski definition) is 2. The molecule has 0 bridgehead atoms. The highest BCUT2D eigenvalue weighted by Crippen LogP contribution is 2.22. The van der Waals surface area contributed by atoms with Gasteiger partial charge >= 0.3 is 0 Å². The monoisotopic (exact) mass is 464 g/mol. The molecule has 2 aromatic heterocycles.